The van der Waals surface area contributed by atoms with Crippen LogP contribution in [0.25, 0.3) is 22.2 Å². The number of sulfonamides is 1. The second-order valence-corrected chi connectivity index (χ2v) is 9.92. The van der Waals surface area contributed by atoms with Gasteiger partial charge in [-0.15, -0.1) is 0 Å². The van der Waals surface area contributed by atoms with E-state index in [0.717, 1.165) is 12.8 Å². The largest absolute Gasteiger partial charge is 0.484 e. The van der Waals surface area contributed by atoms with Gasteiger partial charge in [0, 0.05) is 29.8 Å². The van der Waals surface area contributed by atoms with Crippen LogP contribution in [-0.2, 0) is 16.6 Å². The number of hydrogen-bond acceptors (Lipinski definition) is 5. The summed E-state index contributed by atoms with van der Waals surface area (Å²) in [6.45, 7) is 0.707. The van der Waals surface area contributed by atoms with Crippen molar-refractivity contribution < 1.29 is 26.3 Å². The predicted molar refractivity (Wildman–Crippen MR) is 117 cm³/mol. The Morgan fingerprint density at radius 3 is 2.61 bits per heavy atom. The highest BCUT2D eigenvalue weighted by atomic mass is 32.2. The van der Waals surface area contributed by atoms with E-state index in [1.54, 1.807) is 12.1 Å². The van der Waals surface area contributed by atoms with E-state index < -0.39 is 22.8 Å². The molecular formula is C22H21F3N4O3S. The summed E-state index contributed by atoms with van der Waals surface area (Å²) in [4.78, 5) is 4.18. The van der Waals surface area contributed by atoms with Crippen molar-refractivity contribution in [3.8, 4) is 23.1 Å². The lowest BCUT2D eigenvalue weighted by molar-refractivity contribution is -0.153. The van der Waals surface area contributed by atoms with Gasteiger partial charge in [-0.05, 0) is 49.9 Å². The van der Waals surface area contributed by atoms with Gasteiger partial charge in [0.1, 0.15) is 17.6 Å². The number of nitrogens with zero attached hydrogens (tertiary/aromatic N) is 3. The minimum atomic E-state index is -4.46. The van der Waals surface area contributed by atoms with Crippen molar-refractivity contribution in [1.29, 1.82) is 5.26 Å². The molecular weight excluding hydrogens is 457 g/mol. The Kier molecular flexibility index (Phi) is 5.97. The Morgan fingerprint density at radius 1 is 1.27 bits per heavy atom. The first kappa shape index (κ1) is 22.9. The van der Waals surface area contributed by atoms with Crippen molar-refractivity contribution in [2.24, 2.45) is 5.92 Å². The zero-order valence-electron chi connectivity index (χ0n) is 17.7. The van der Waals surface area contributed by atoms with Crippen LogP contribution in [0.1, 0.15) is 25.3 Å². The first-order valence-electron chi connectivity index (χ1n) is 10.3. The van der Waals surface area contributed by atoms with E-state index in [4.69, 9.17) is 4.74 Å². The maximum atomic E-state index is 12.6. The van der Waals surface area contributed by atoms with Gasteiger partial charge in [-0.2, -0.15) is 18.4 Å². The van der Waals surface area contributed by atoms with Crippen LogP contribution in [0.5, 0.6) is 5.75 Å². The number of rotatable bonds is 8. The van der Waals surface area contributed by atoms with Crippen molar-refractivity contribution in [2.45, 2.75) is 32.5 Å². The molecule has 1 saturated carbocycles. The van der Waals surface area contributed by atoms with Gasteiger partial charge in [0.25, 0.3) is 0 Å². The van der Waals surface area contributed by atoms with Crippen molar-refractivity contribution in [2.75, 3.05) is 17.1 Å². The van der Waals surface area contributed by atoms with Crippen molar-refractivity contribution in [3.63, 3.8) is 0 Å². The van der Waals surface area contributed by atoms with E-state index in [-0.39, 0.29) is 17.3 Å². The second kappa shape index (κ2) is 8.59. The topological polar surface area (TPSA) is 97.0 Å². The summed E-state index contributed by atoms with van der Waals surface area (Å²) >= 11 is 0. The smallest absolute Gasteiger partial charge is 0.422 e. The Balaban J connectivity index is 1.78. The summed E-state index contributed by atoms with van der Waals surface area (Å²) in [5, 5.41) is 10.5. The lowest BCUT2D eigenvalue weighted by Gasteiger charge is -2.13. The summed E-state index contributed by atoms with van der Waals surface area (Å²) in [6.07, 6.45) is -0.920. The number of alkyl halides is 3. The maximum Gasteiger partial charge on any atom is 0.422 e. The molecule has 1 aromatic carbocycles. The molecule has 1 aliphatic carbocycles. The van der Waals surface area contributed by atoms with Crippen molar-refractivity contribution in [3.05, 3.63) is 42.1 Å². The quantitative estimate of drug-likeness (QED) is 0.507. The molecule has 0 unspecified atom stereocenters. The van der Waals surface area contributed by atoms with Gasteiger partial charge in [0.15, 0.2) is 6.61 Å². The van der Waals surface area contributed by atoms with Crippen molar-refractivity contribution in [1.82, 2.24) is 9.55 Å². The number of halogens is 3. The first-order chi connectivity index (χ1) is 15.6. The maximum absolute atomic E-state index is 12.6. The van der Waals surface area contributed by atoms with Crippen LogP contribution in [0.2, 0.25) is 0 Å². The molecule has 0 aliphatic heterocycles. The molecule has 0 saturated heterocycles. The minimum Gasteiger partial charge on any atom is -0.484 e. The van der Waals surface area contributed by atoms with Crippen molar-refractivity contribution >= 4 is 26.7 Å². The van der Waals surface area contributed by atoms with Gasteiger partial charge < -0.3 is 9.30 Å². The molecule has 174 valence electrons. The number of nitriles is 1. The first-order valence-corrected chi connectivity index (χ1v) is 12.0. The molecule has 1 aliphatic rings. The van der Waals surface area contributed by atoms with Gasteiger partial charge in [-0.3, -0.25) is 4.72 Å². The van der Waals surface area contributed by atoms with E-state index in [1.807, 2.05) is 4.57 Å². The van der Waals surface area contributed by atoms with Gasteiger partial charge in [-0.1, -0.05) is 0 Å². The number of hydrogen-bond donors (Lipinski definition) is 1. The number of benzene rings is 1. The standard InChI is InChI=1S/C22H21F3N4O3S/c1-2-33(30,31)28-20-8-5-15(11-27-20)21-18(10-26)17-7-6-16(32-13-22(23,24)25)9-19(17)29(21)12-14-3-4-14/h5-9,11,14H,2-4,12-13H2,1H3,(H,27,28). The fourth-order valence-electron chi connectivity index (χ4n) is 3.57. The SMILES string of the molecule is CCS(=O)(=O)Nc1ccc(-c2c(C#N)c3ccc(OCC(F)(F)F)cc3n2CC2CC2)cn1. The predicted octanol–water partition coefficient (Wildman–Crippen LogP) is 4.69. The van der Waals surface area contributed by atoms with E-state index in [0.29, 0.717) is 40.2 Å². The number of ether oxygens (including phenoxy) is 1. The molecule has 1 fully saturated rings. The summed E-state index contributed by atoms with van der Waals surface area (Å²) in [5.41, 5.74) is 2.16. The minimum absolute atomic E-state index is 0.0628. The Bertz CT molecular complexity index is 1320. The number of anilines is 1. The van der Waals surface area contributed by atoms with E-state index in [2.05, 4.69) is 15.8 Å². The highest BCUT2D eigenvalue weighted by Gasteiger charge is 2.29. The molecule has 0 bridgehead atoms. The van der Waals surface area contributed by atoms with Gasteiger partial charge in [-0.25, -0.2) is 13.4 Å². The fourth-order valence-corrected chi connectivity index (χ4v) is 4.16. The Labute approximate surface area is 188 Å². The van der Waals surface area contributed by atoms with Crippen LogP contribution < -0.4 is 9.46 Å². The number of fused-ring (bicyclic) bond motifs is 1. The number of aromatic nitrogens is 2. The summed E-state index contributed by atoms with van der Waals surface area (Å²) < 4.78 is 70.6. The molecule has 0 spiro atoms. The zero-order valence-corrected chi connectivity index (χ0v) is 18.5. The molecule has 0 radical (unpaired) electrons. The number of pyridine rings is 1. The molecule has 2 heterocycles. The molecule has 0 atom stereocenters. The molecule has 0 amide bonds. The fraction of sp³-hybridized carbons (Fsp3) is 0.364. The van der Waals surface area contributed by atoms with E-state index in [1.165, 1.54) is 31.3 Å². The lowest BCUT2D eigenvalue weighted by Crippen LogP contribution is -2.19. The number of nitrogens with one attached hydrogen (secondary N) is 1. The summed E-state index contributed by atoms with van der Waals surface area (Å²) in [6, 6.07) is 9.91. The highest BCUT2D eigenvalue weighted by molar-refractivity contribution is 7.92. The molecule has 11 heteroatoms. The van der Waals surface area contributed by atoms with E-state index >= 15 is 0 Å². The van der Waals surface area contributed by atoms with Crippen LogP contribution in [0.3, 0.4) is 0 Å². The third-order valence-corrected chi connectivity index (χ3v) is 6.65. The van der Waals surface area contributed by atoms with Crippen LogP contribution >= 0.6 is 0 Å². The summed E-state index contributed by atoms with van der Waals surface area (Å²) in [7, 11) is -3.48. The van der Waals surface area contributed by atoms with Gasteiger partial charge in [0.2, 0.25) is 10.0 Å². The third-order valence-electron chi connectivity index (χ3n) is 5.37. The van der Waals surface area contributed by atoms with Gasteiger partial charge >= 0.3 is 6.18 Å². The van der Waals surface area contributed by atoms with Gasteiger partial charge in [0.05, 0.1) is 22.5 Å². The molecule has 4 rings (SSSR count). The summed E-state index contributed by atoms with van der Waals surface area (Å²) in [5.74, 6) is 0.539. The van der Waals surface area contributed by atoms with Crippen LogP contribution in [-0.4, -0.2) is 36.5 Å². The van der Waals surface area contributed by atoms with Crippen LogP contribution in [0.4, 0.5) is 19.0 Å². The molecule has 2 aromatic heterocycles. The molecule has 7 nitrogen and oxygen atoms in total. The molecule has 3 aromatic rings. The molecule has 1 N–H and O–H groups in total. The normalized spacial score (nSPS) is 14.3. The highest BCUT2D eigenvalue weighted by Crippen LogP contribution is 2.39. The average Bonchev–Trinajstić information content (AvgIpc) is 3.53. The third kappa shape index (κ3) is 5.22. The average molecular weight is 478 g/mol. The van der Waals surface area contributed by atoms with E-state index in [9.17, 15) is 26.9 Å². The molecule has 33 heavy (non-hydrogen) atoms. The van der Waals surface area contributed by atoms with Crippen LogP contribution in [0, 0.1) is 17.2 Å². The Morgan fingerprint density at radius 2 is 2.03 bits per heavy atom. The second-order valence-electron chi connectivity index (χ2n) is 7.91. The zero-order chi connectivity index (χ0) is 23.8. The Hall–Kier alpha value is -3.26. The van der Waals surface area contributed by atoms with Crippen LogP contribution in [0.15, 0.2) is 36.5 Å². The monoisotopic (exact) mass is 478 g/mol. The lowest BCUT2D eigenvalue weighted by atomic mass is 10.1.